The van der Waals surface area contributed by atoms with Gasteiger partial charge in [0.05, 0.1) is 12.1 Å². The maximum Gasteiger partial charge on any atom is 0.120 e. The third kappa shape index (κ3) is 3.17. The molecular formula is C16H15BrClNO. The van der Waals surface area contributed by atoms with Gasteiger partial charge in [0.1, 0.15) is 5.75 Å². The molecule has 0 radical (unpaired) electrons. The molecule has 2 aromatic carbocycles. The fraction of sp³-hybridized carbons (Fsp3) is 0.250. The first-order chi connectivity index (χ1) is 9.63. The molecule has 1 aliphatic rings. The Morgan fingerprint density at radius 1 is 1.20 bits per heavy atom. The van der Waals surface area contributed by atoms with Gasteiger partial charge in [-0.05, 0) is 48.2 Å². The minimum absolute atomic E-state index is 0.252. The van der Waals surface area contributed by atoms with Crippen molar-refractivity contribution >= 4 is 27.5 Å². The van der Waals surface area contributed by atoms with Gasteiger partial charge < -0.3 is 10.5 Å². The lowest BCUT2D eigenvalue weighted by atomic mass is 9.99. The predicted octanol–water partition coefficient (Wildman–Crippen LogP) is 4.69. The molecule has 0 aromatic heterocycles. The van der Waals surface area contributed by atoms with Gasteiger partial charge in [0, 0.05) is 9.50 Å². The third-order valence-corrected chi connectivity index (χ3v) is 4.16. The van der Waals surface area contributed by atoms with E-state index in [1.807, 2.05) is 42.5 Å². The van der Waals surface area contributed by atoms with E-state index in [4.69, 9.17) is 22.1 Å². The lowest BCUT2D eigenvalue weighted by Gasteiger charge is -2.16. The number of hydrogen-bond acceptors (Lipinski definition) is 2. The van der Waals surface area contributed by atoms with Crippen molar-refractivity contribution in [2.75, 3.05) is 0 Å². The Morgan fingerprint density at radius 2 is 2.00 bits per heavy atom. The average Bonchev–Trinajstić information content (AvgIpc) is 3.22. The van der Waals surface area contributed by atoms with Crippen LogP contribution in [0.5, 0.6) is 5.75 Å². The van der Waals surface area contributed by atoms with Crippen molar-refractivity contribution in [3.05, 3.63) is 63.1 Å². The van der Waals surface area contributed by atoms with E-state index < -0.39 is 0 Å². The van der Waals surface area contributed by atoms with Crippen LogP contribution in [0.15, 0.2) is 46.9 Å². The molecule has 1 saturated carbocycles. The Balaban J connectivity index is 1.86. The number of hydrogen-bond donors (Lipinski definition) is 1. The molecule has 0 bridgehead atoms. The first kappa shape index (κ1) is 13.9. The van der Waals surface area contributed by atoms with E-state index in [2.05, 4.69) is 15.9 Å². The predicted molar refractivity (Wildman–Crippen MR) is 85.3 cm³/mol. The lowest BCUT2D eigenvalue weighted by Crippen LogP contribution is -2.12. The molecule has 1 unspecified atom stereocenters. The maximum absolute atomic E-state index is 6.33. The molecule has 1 fully saturated rings. The molecule has 0 heterocycles. The van der Waals surface area contributed by atoms with Crippen molar-refractivity contribution in [1.29, 1.82) is 0 Å². The standard InChI is InChI=1S/C16H15BrClNO/c17-11-4-7-14(15(18)9-11)16(19)10-2-1-3-13(8-10)20-12-5-6-12/h1-4,7-9,12,16H,5-6,19H2. The second-order valence-electron chi connectivity index (χ2n) is 5.03. The van der Waals surface area contributed by atoms with E-state index in [9.17, 15) is 0 Å². The van der Waals surface area contributed by atoms with Crippen molar-refractivity contribution in [1.82, 2.24) is 0 Å². The van der Waals surface area contributed by atoms with Crippen LogP contribution >= 0.6 is 27.5 Å². The summed E-state index contributed by atoms with van der Waals surface area (Å²) in [7, 11) is 0. The van der Waals surface area contributed by atoms with Gasteiger partial charge in [-0.2, -0.15) is 0 Å². The molecular weight excluding hydrogens is 338 g/mol. The third-order valence-electron chi connectivity index (χ3n) is 3.34. The van der Waals surface area contributed by atoms with E-state index in [-0.39, 0.29) is 6.04 Å². The van der Waals surface area contributed by atoms with Crippen LogP contribution in [0.25, 0.3) is 0 Å². The summed E-state index contributed by atoms with van der Waals surface area (Å²) < 4.78 is 6.75. The summed E-state index contributed by atoms with van der Waals surface area (Å²) in [6, 6.07) is 13.5. The smallest absolute Gasteiger partial charge is 0.120 e. The SMILES string of the molecule is NC(c1cccc(OC2CC2)c1)c1ccc(Br)cc1Cl. The van der Waals surface area contributed by atoms with Crippen LogP contribution < -0.4 is 10.5 Å². The second kappa shape index (κ2) is 5.76. The number of nitrogens with two attached hydrogens (primary N) is 1. The maximum atomic E-state index is 6.33. The first-order valence-electron chi connectivity index (χ1n) is 6.60. The zero-order valence-corrected chi connectivity index (χ0v) is 13.2. The molecule has 0 aliphatic heterocycles. The highest BCUT2D eigenvalue weighted by Crippen LogP contribution is 2.32. The van der Waals surface area contributed by atoms with Crippen molar-refractivity contribution < 1.29 is 4.74 Å². The van der Waals surface area contributed by atoms with Crippen LogP contribution in [0.3, 0.4) is 0 Å². The highest BCUT2D eigenvalue weighted by molar-refractivity contribution is 9.10. The molecule has 104 valence electrons. The van der Waals surface area contributed by atoms with Gasteiger partial charge >= 0.3 is 0 Å². The number of ether oxygens (including phenoxy) is 1. The van der Waals surface area contributed by atoms with Crippen LogP contribution in [-0.2, 0) is 0 Å². The first-order valence-corrected chi connectivity index (χ1v) is 7.78. The van der Waals surface area contributed by atoms with Crippen molar-refractivity contribution in [2.24, 2.45) is 5.73 Å². The molecule has 4 heteroatoms. The number of benzene rings is 2. The Morgan fingerprint density at radius 3 is 2.70 bits per heavy atom. The number of halogens is 2. The second-order valence-corrected chi connectivity index (χ2v) is 6.36. The van der Waals surface area contributed by atoms with Crippen LogP contribution in [0.1, 0.15) is 30.0 Å². The van der Waals surface area contributed by atoms with Gasteiger partial charge in [-0.15, -0.1) is 0 Å². The molecule has 1 aliphatic carbocycles. The molecule has 2 aromatic rings. The molecule has 1 atom stereocenters. The summed E-state index contributed by atoms with van der Waals surface area (Å²) in [5.74, 6) is 0.883. The highest BCUT2D eigenvalue weighted by Gasteiger charge is 2.23. The Kier molecular flexibility index (Phi) is 4.01. The molecule has 2 N–H and O–H groups in total. The van der Waals surface area contributed by atoms with Gasteiger partial charge in [-0.1, -0.05) is 45.7 Å². The van der Waals surface area contributed by atoms with Crippen molar-refractivity contribution in [3.8, 4) is 5.75 Å². The average molecular weight is 353 g/mol. The summed E-state index contributed by atoms with van der Waals surface area (Å²) in [5, 5.41) is 0.667. The minimum Gasteiger partial charge on any atom is -0.490 e. The zero-order chi connectivity index (χ0) is 14.1. The zero-order valence-electron chi connectivity index (χ0n) is 10.9. The van der Waals surface area contributed by atoms with E-state index in [0.29, 0.717) is 11.1 Å². The Hall–Kier alpha value is -1.03. The monoisotopic (exact) mass is 351 g/mol. The summed E-state index contributed by atoms with van der Waals surface area (Å²) >= 11 is 9.67. The van der Waals surface area contributed by atoms with Crippen LogP contribution in [-0.4, -0.2) is 6.10 Å². The lowest BCUT2D eigenvalue weighted by molar-refractivity contribution is 0.303. The van der Waals surface area contributed by atoms with E-state index in [1.54, 1.807) is 0 Å². The van der Waals surface area contributed by atoms with Crippen LogP contribution in [0, 0.1) is 0 Å². The van der Waals surface area contributed by atoms with E-state index >= 15 is 0 Å². The molecule has 0 spiro atoms. The summed E-state index contributed by atoms with van der Waals surface area (Å²) in [6.45, 7) is 0. The van der Waals surface area contributed by atoms with E-state index in [1.165, 1.54) is 0 Å². The van der Waals surface area contributed by atoms with Gasteiger partial charge in [0.2, 0.25) is 0 Å². The minimum atomic E-state index is -0.252. The van der Waals surface area contributed by atoms with Gasteiger partial charge in [-0.3, -0.25) is 0 Å². The molecule has 20 heavy (non-hydrogen) atoms. The topological polar surface area (TPSA) is 35.2 Å². The van der Waals surface area contributed by atoms with Crippen LogP contribution in [0.2, 0.25) is 5.02 Å². The highest BCUT2D eigenvalue weighted by atomic mass is 79.9. The summed E-state index contributed by atoms with van der Waals surface area (Å²) in [4.78, 5) is 0. The Labute approximate surface area is 132 Å². The van der Waals surface area contributed by atoms with E-state index in [0.717, 1.165) is 34.2 Å². The van der Waals surface area contributed by atoms with Crippen LogP contribution in [0.4, 0.5) is 0 Å². The van der Waals surface area contributed by atoms with Crippen molar-refractivity contribution in [2.45, 2.75) is 25.0 Å². The van der Waals surface area contributed by atoms with Crippen molar-refractivity contribution in [3.63, 3.8) is 0 Å². The fourth-order valence-electron chi connectivity index (χ4n) is 2.09. The summed E-state index contributed by atoms with van der Waals surface area (Å²) in [6.07, 6.45) is 2.68. The van der Waals surface area contributed by atoms with Gasteiger partial charge in [0.25, 0.3) is 0 Å². The largest absolute Gasteiger partial charge is 0.490 e. The quantitative estimate of drug-likeness (QED) is 0.866. The van der Waals surface area contributed by atoms with Gasteiger partial charge in [0.15, 0.2) is 0 Å². The molecule has 0 saturated heterocycles. The molecule has 2 nitrogen and oxygen atoms in total. The van der Waals surface area contributed by atoms with Gasteiger partial charge in [-0.25, -0.2) is 0 Å². The number of rotatable bonds is 4. The normalized spacial score (nSPS) is 15.9. The molecule has 3 rings (SSSR count). The summed E-state index contributed by atoms with van der Waals surface area (Å²) in [5.41, 5.74) is 8.25. The fourth-order valence-corrected chi connectivity index (χ4v) is 2.88. The Bertz CT molecular complexity index is 628. The molecule has 0 amide bonds.